The fraction of sp³-hybridized carbons (Fsp3) is 0.600. The molecule has 0 aliphatic heterocycles. The van der Waals surface area contributed by atoms with Crippen LogP contribution in [0.15, 0.2) is 11.3 Å². The molecule has 0 fully saturated rings. The zero-order chi connectivity index (χ0) is 8.81. The van der Waals surface area contributed by atoms with Crippen molar-refractivity contribution in [2.24, 2.45) is 10.8 Å². The van der Waals surface area contributed by atoms with Crippen LogP contribution in [0.4, 0.5) is 0 Å². The van der Waals surface area contributed by atoms with E-state index in [0.717, 1.165) is 0 Å². The van der Waals surface area contributed by atoms with Crippen molar-refractivity contribution in [2.45, 2.75) is 13.1 Å². The lowest BCUT2D eigenvalue weighted by Gasteiger charge is -1.92. The molecule has 1 aromatic rings. The van der Waals surface area contributed by atoms with E-state index in [0.29, 0.717) is 18.8 Å². The summed E-state index contributed by atoms with van der Waals surface area (Å²) in [6.45, 7) is 1.31. The molecule has 0 saturated carbocycles. The summed E-state index contributed by atoms with van der Waals surface area (Å²) in [5.74, 6) is 0. The van der Waals surface area contributed by atoms with Crippen molar-refractivity contribution in [3.8, 4) is 0 Å². The number of hydrogen-bond acceptors (Lipinski definition) is 4. The molecule has 0 aliphatic carbocycles. The fourth-order valence-corrected chi connectivity index (χ4v) is 0.733. The highest BCUT2D eigenvalue weighted by molar-refractivity contribution is 4.90. The molecule has 64 valence electrons. The first-order chi connectivity index (χ1) is 5.86. The van der Waals surface area contributed by atoms with Crippen LogP contribution in [0.5, 0.6) is 0 Å². The Labute approximate surface area is 68.8 Å². The van der Waals surface area contributed by atoms with Crippen LogP contribution in [0.25, 0.3) is 10.4 Å². The van der Waals surface area contributed by atoms with Gasteiger partial charge in [0.1, 0.15) is 0 Å². The number of aromatic nitrogens is 3. The lowest BCUT2D eigenvalue weighted by molar-refractivity contribution is 0.541. The van der Waals surface area contributed by atoms with Gasteiger partial charge in [-0.2, -0.15) is 15.0 Å². The van der Waals surface area contributed by atoms with E-state index in [-0.39, 0.29) is 6.54 Å². The molecule has 0 amide bonds. The van der Waals surface area contributed by atoms with Gasteiger partial charge in [0.2, 0.25) is 0 Å². The highest BCUT2D eigenvalue weighted by atomic mass is 15.5. The van der Waals surface area contributed by atoms with Crippen molar-refractivity contribution < 1.29 is 0 Å². The van der Waals surface area contributed by atoms with E-state index in [2.05, 4.69) is 20.2 Å². The van der Waals surface area contributed by atoms with Crippen LogP contribution in [0.2, 0.25) is 0 Å². The van der Waals surface area contributed by atoms with Gasteiger partial charge in [-0.05, 0) is 5.53 Å². The second-order valence-corrected chi connectivity index (χ2v) is 2.11. The summed E-state index contributed by atoms with van der Waals surface area (Å²) in [5.41, 5.74) is 14.0. The van der Waals surface area contributed by atoms with E-state index < -0.39 is 0 Å². The van der Waals surface area contributed by atoms with E-state index in [1.165, 1.54) is 4.80 Å². The summed E-state index contributed by atoms with van der Waals surface area (Å²) in [5, 5.41) is 11.2. The molecule has 0 spiro atoms. The van der Waals surface area contributed by atoms with Gasteiger partial charge in [0.05, 0.1) is 25.0 Å². The number of rotatable bonds is 4. The van der Waals surface area contributed by atoms with Crippen LogP contribution < -0.4 is 5.73 Å². The molecule has 1 heterocycles. The van der Waals surface area contributed by atoms with Crippen LogP contribution in [-0.4, -0.2) is 21.5 Å². The van der Waals surface area contributed by atoms with Gasteiger partial charge < -0.3 is 5.73 Å². The van der Waals surface area contributed by atoms with Gasteiger partial charge in [0.25, 0.3) is 0 Å². The second kappa shape index (κ2) is 4.32. The molecule has 0 bridgehead atoms. The highest BCUT2D eigenvalue weighted by Gasteiger charge is 1.96. The molecule has 0 atom stereocenters. The van der Waals surface area contributed by atoms with E-state index in [1.807, 2.05) is 0 Å². The van der Waals surface area contributed by atoms with E-state index in [4.69, 9.17) is 11.3 Å². The summed E-state index contributed by atoms with van der Waals surface area (Å²) in [7, 11) is 0. The predicted molar refractivity (Wildman–Crippen MR) is 41.9 cm³/mol. The predicted octanol–water partition coefficient (Wildman–Crippen LogP) is 0.0471. The number of nitrogens with zero attached hydrogens (tertiary/aromatic N) is 6. The molecule has 0 aliphatic rings. The molecule has 1 aromatic heterocycles. The average Bonchev–Trinajstić information content (AvgIpc) is 2.50. The smallest absolute Gasteiger partial charge is 0.0885 e. The minimum Gasteiger partial charge on any atom is -0.329 e. The van der Waals surface area contributed by atoms with Crippen LogP contribution in [0, 0.1) is 0 Å². The Morgan fingerprint density at radius 2 is 2.58 bits per heavy atom. The lowest BCUT2D eigenvalue weighted by atomic mass is 10.5. The third kappa shape index (κ3) is 2.22. The third-order valence-corrected chi connectivity index (χ3v) is 1.21. The van der Waals surface area contributed by atoms with Gasteiger partial charge in [0, 0.05) is 11.5 Å². The second-order valence-electron chi connectivity index (χ2n) is 2.11. The Bertz CT molecular complexity index is 284. The maximum atomic E-state index is 8.02. The summed E-state index contributed by atoms with van der Waals surface area (Å²) in [6.07, 6.45) is 1.56. The average molecular weight is 167 g/mol. The zero-order valence-electron chi connectivity index (χ0n) is 6.46. The largest absolute Gasteiger partial charge is 0.329 e. The molecule has 0 unspecified atom stereocenters. The Morgan fingerprint density at radius 1 is 1.75 bits per heavy atom. The van der Waals surface area contributed by atoms with Gasteiger partial charge in [-0.25, -0.2) is 0 Å². The number of nitrogens with two attached hydrogens (primary N) is 1. The Hall–Kier alpha value is -1.59. The molecular formula is C5H9N7. The molecular weight excluding hydrogens is 158 g/mol. The molecule has 7 heteroatoms. The Morgan fingerprint density at radius 3 is 3.25 bits per heavy atom. The summed E-state index contributed by atoms with van der Waals surface area (Å²) in [6, 6.07) is 0. The van der Waals surface area contributed by atoms with E-state index >= 15 is 0 Å². The van der Waals surface area contributed by atoms with Gasteiger partial charge in [-0.1, -0.05) is 5.11 Å². The van der Waals surface area contributed by atoms with Gasteiger partial charge in [-0.3, -0.25) is 0 Å². The Balaban J connectivity index is 2.57. The summed E-state index contributed by atoms with van der Waals surface area (Å²) in [4.78, 5) is 4.08. The normalized spacial score (nSPS) is 9.42. The first-order valence-electron chi connectivity index (χ1n) is 3.46. The first kappa shape index (κ1) is 8.51. The van der Waals surface area contributed by atoms with Crippen molar-refractivity contribution in [3.05, 3.63) is 22.3 Å². The topological polar surface area (TPSA) is 105 Å². The monoisotopic (exact) mass is 167 g/mol. The van der Waals surface area contributed by atoms with E-state index in [9.17, 15) is 0 Å². The molecule has 0 radical (unpaired) electrons. The zero-order valence-corrected chi connectivity index (χ0v) is 6.46. The van der Waals surface area contributed by atoms with Gasteiger partial charge >= 0.3 is 0 Å². The number of azide groups is 1. The summed E-state index contributed by atoms with van der Waals surface area (Å²) < 4.78 is 0. The minimum atomic E-state index is 0.237. The van der Waals surface area contributed by atoms with Gasteiger partial charge in [-0.15, -0.1) is 0 Å². The quantitative estimate of drug-likeness (QED) is 0.389. The Kier molecular flexibility index (Phi) is 3.06. The molecule has 0 saturated heterocycles. The molecule has 1 rings (SSSR count). The van der Waals surface area contributed by atoms with Crippen molar-refractivity contribution in [1.29, 1.82) is 0 Å². The fourth-order valence-electron chi connectivity index (χ4n) is 0.733. The molecule has 0 aromatic carbocycles. The van der Waals surface area contributed by atoms with Gasteiger partial charge in [0.15, 0.2) is 0 Å². The molecule has 7 nitrogen and oxygen atoms in total. The maximum Gasteiger partial charge on any atom is 0.0885 e. The van der Waals surface area contributed by atoms with Crippen molar-refractivity contribution in [3.63, 3.8) is 0 Å². The van der Waals surface area contributed by atoms with Crippen LogP contribution in [0.1, 0.15) is 5.69 Å². The summed E-state index contributed by atoms with van der Waals surface area (Å²) >= 11 is 0. The van der Waals surface area contributed by atoms with Crippen molar-refractivity contribution in [1.82, 2.24) is 15.0 Å². The van der Waals surface area contributed by atoms with Crippen LogP contribution in [-0.2, 0) is 13.1 Å². The maximum absolute atomic E-state index is 8.02. The standard InChI is InChI=1S/C5H9N7/c6-1-2-12-9-4-5(10-12)3-8-11-7/h4H,1-3,6H2. The minimum absolute atomic E-state index is 0.237. The van der Waals surface area contributed by atoms with Crippen LogP contribution >= 0.6 is 0 Å². The van der Waals surface area contributed by atoms with Crippen LogP contribution in [0.3, 0.4) is 0 Å². The van der Waals surface area contributed by atoms with Crippen molar-refractivity contribution in [2.75, 3.05) is 6.54 Å². The number of hydrogen-bond donors (Lipinski definition) is 1. The first-order valence-corrected chi connectivity index (χ1v) is 3.46. The SMILES string of the molecule is [N-]=[N+]=NCc1cnn(CCN)n1. The molecule has 12 heavy (non-hydrogen) atoms. The molecule has 2 N–H and O–H groups in total. The van der Waals surface area contributed by atoms with Crippen molar-refractivity contribution >= 4 is 0 Å². The highest BCUT2D eigenvalue weighted by Crippen LogP contribution is 1.93. The lowest BCUT2D eigenvalue weighted by Crippen LogP contribution is -2.12. The third-order valence-electron chi connectivity index (χ3n) is 1.21. The van der Waals surface area contributed by atoms with E-state index in [1.54, 1.807) is 6.20 Å².